The highest BCUT2D eigenvalue weighted by Gasteiger charge is 2.21. The van der Waals surface area contributed by atoms with E-state index in [1.165, 1.54) is 0 Å². The topological polar surface area (TPSA) is 85.6 Å². The first-order valence-electron chi connectivity index (χ1n) is 5.34. The van der Waals surface area contributed by atoms with Gasteiger partial charge in [-0.15, -0.1) is 0 Å². The number of carbonyl (C=O) groups excluding carboxylic acids is 1. The molecule has 16 heavy (non-hydrogen) atoms. The third kappa shape index (κ3) is 4.57. The third-order valence-electron chi connectivity index (χ3n) is 2.35. The molecule has 0 aliphatic carbocycles. The van der Waals surface area contributed by atoms with Crippen molar-refractivity contribution in [2.24, 2.45) is 0 Å². The number of ether oxygens (including phenoxy) is 1. The summed E-state index contributed by atoms with van der Waals surface area (Å²) in [6.45, 7) is 2.47. The van der Waals surface area contributed by atoms with E-state index < -0.39 is 0 Å². The number of hydrogen-bond acceptors (Lipinski definition) is 5. The van der Waals surface area contributed by atoms with Crippen LogP contribution in [0.2, 0.25) is 0 Å². The fourth-order valence-electron chi connectivity index (χ4n) is 1.55. The van der Waals surface area contributed by atoms with E-state index >= 15 is 0 Å². The van der Waals surface area contributed by atoms with Crippen molar-refractivity contribution >= 4 is 5.91 Å². The minimum atomic E-state index is -0.194. The second-order valence-electron chi connectivity index (χ2n) is 3.67. The largest absolute Gasteiger partial charge is 0.394 e. The molecule has 0 aromatic carbocycles. The summed E-state index contributed by atoms with van der Waals surface area (Å²) in [6.07, 6.45) is 0.134. The average Bonchev–Trinajstić information content (AvgIpc) is 2.29. The summed E-state index contributed by atoms with van der Waals surface area (Å²) in [6, 6.07) is 1.96. The normalized spacial score (nSPS) is 21.4. The number of aliphatic hydroxyl groups is 1. The highest BCUT2D eigenvalue weighted by Crippen LogP contribution is 2.03. The summed E-state index contributed by atoms with van der Waals surface area (Å²) >= 11 is 0. The van der Waals surface area contributed by atoms with Gasteiger partial charge in [0.25, 0.3) is 0 Å². The van der Waals surface area contributed by atoms with E-state index in [-0.39, 0.29) is 18.6 Å². The number of nitrogens with zero attached hydrogens (tertiary/aromatic N) is 2. The molecule has 6 heteroatoms. The third-order valence-corrected chi connectivity index (χ3v) is 2.35. The molecule has 1 saturated heterocycles. The quantitative estimate of drug-likeness (QED) is 0.571. The maximum absolute atomic E-state index is 11.4. The molecule has 1 amide bonds. The summed E-state index contributed by atoms with van der Waals surface area (Å²) in [5, 5.41) is 19.9. The molecule has 0 aromatic rings. The van der Waals surface area contributed by atoms with Crippen molar-refractivity contribution in [1.82, 2.24) is 10.2 Å². The van der Waals surface area contributed by atoms with Crippen LogP contribution in [0.3, 0.4) is 0 Å². The van der Waals surface area contributed by atoms with Crippen molar-refractivity contribution in [3.05, 3.63) is 0 Å². The lowest BCUT2D eigenvalue weighted by Gasteiger charge is -2.31. The first-order valence-corrected chi connectivity index (χ1v) is 5.34. The van der Waals surface area contributed by atoms with E-state index in [1.807, 2.05) is 11.0 Å². The van der Waals surface area contributed by atoms with Gasteiger partial charge >= 0.3 is 0 Å². The molecule has 1 aliphatic rings. The fraction of sp³-hybridized carbons (Fsp3) is 0.800. The van der Waals surface area contributed by atoms with Crippen molar-refractivity contribution in [3.8, 4) is 6.07 Å². The molecular formula is C10H17N3O3. The fourth-order valence-corrected chi connectivity index (χ4v) is 1.55. The molecule has 1 fully saturated rings. The molecule has 1 heterocycles. The molecule has 1 unspecified atom stereocenters. The molecule has 0 bridgehead atoms. The average molecular weight is 227 g/mol. The van der Waals surface area contributed by atoms with Crippen LogP contribution in [0.25, 0.3) is 0 Å². The zero-order chi connectivity index (χ0) is 11.8. The van der Waals surface area contributed by atoms with Gasteiger partial charge in [0.2, 0.25) is 5.91 Å². The molecule has 0 spiro atoms. The first kappa shape index (κ1) is 12.9. The number of amides is 1. The van der Waals surface area contributed by atoms with Gasteiger partial charge in [-0.2, -0.15) is 5.26 Å². The number of morpholine rings is 1. The Bertz CT molecular complexity index is 265. The minimum absolute atomic E-state index is 0.0213. The Morgan fingerprint density at radius 1 is 1.69 bits per heavy atom. The van der Waals surface area contributed by atoms with Gasteiger partial charge in [0.15, 0.2) is 0 Å². The van der Waals surface area contributed by atoms with Crippen LogP contribution in [0.4, 0.5) is 0 Å². The first-order chi connectivity index (χ1) is 7.76. The minimum Gasteiger partial charge on any atom is -0.394 e. The summed E-state index contributed by atoms with van der Waals surface area (Å²) in [7, 11) is 0. The summed E-state index contributed by atoms with van der Waals surface area (Å²) in [5.74, 6) is -0.0890. The monoisotopic (exact) mass is 227 g/mol. The van der Waals surface area contributed by atoms with Crippen LogP contribution in [-0.2, 0) is 9.53 Å². The van der Waals surface area contributed by atoms with Gasteiger partial charge in [-0.3, -0.25) is 9.69 Å². The molecule has 0 saturated carbocycles. The number of nitrogens with one attached hydrogen (secondary N) is 1. The van der Waals surface area contributed by atoms with Crippen LogP contribution in [0.1, 0.15) is 6.42 Å². The molecule has 90 valence electrons. The van der Waals surface area contributed by atoms with E-state index in [2.05, 4.69) is 5.32 Å². The van der Waals surface area contributed by atoms with Crippen LogP contribution in [-0.4, -0.2) is 61.4 Å². The SMILES string of the molecule is N#CCCNC(=O)CN1CCOC(CO)C1. The Hall–Kier alpha value is -1.16. The lowest BCUT2D eigenvalue weighted by molar-refractivity contribution is -0.124. The Morgan fingerprint density at radius 2 is 2.50 bits per heavy atom. The number of hydrogen-bond donors (Lipinski definition) is 2. The van der Waals surface area contributed by atoms with E-state index in [0.29, 0.717) is 39.2 Å². The molecule has 6 nitrogen and oxygen atoms in total. The zero-order valence-electron chi connectivity index (χ0n) is 9.19. The predicted molar refractivity (Wildman–Crippen MR) is 56.5 cm³/mol. The van der Waals surface area contributed by atoms with E-state index in [1.54, 1.807) is 0 Å². The van der Waals surface area contributed by atoms with Gasteiger partial charge < -0.3 is 15.2 Å². The second-order valence-corrected chi connectivity index (χ2v) is 3.67. The Labute approximate surface area is 94.8 Å². The van der Waals surface area contributed by atoms with Gasteiger partial charge in [-0.05, 0) is 0 Å². The van der Waals surface area contributed by atoms with Crippen molar-refractivity contribution in [2.45, 2.75) is 12.5 Å². The van der Waals surface area contributed by atoms with Crippen LogP contribution < -0.4 is 5.32 Å². The highest BCUT2D eigenvalue weighted by atomic mass is 16.5. The van der Waals surface area contributed by atoms with Crippen LogP contribution in [0.5, 0.6) is 0 Å². The van der Waals surface area contributed by atoms with Gasteiger partial charge in [-0.25, -0.2) is 0 Å². The van der Waals surface area contributed by atoms with E-state index in [9.17, 15) is 4.79 Å². The number of nitriles is 1. The van der Waals surface area contributed by atoms with Gasteiger partial charge in [0, 0.05) is 19.6 Å². The van der Waals surface area contributed by atoms with Gasteiger partial charge in [-0.1, -0.05) is 0 Å². The van der Waals surface area contributed by atoms with Crippen LogP contribution in [0, 0.1) is 11.3 Å². The standard InChI is InChI=1S/C10H17N3O3/c11-2-1-3-12-10(15)7-13-4-5-16-9(6-13)8-14/h9,14H,1,3-8H2,(H,12,15). The predicted octanol–water partition coefficient (Wildman–Crippen LogP) is -1.29. The maximum Gasteiger partial charge on any atom is 0.234 e. The summed E-state index contributed by atoms with van der Waals surface area (Å²) < 4.78 is 5.27. The highest BCUT2D eigenvalue weighted by molar-refractivity contribution is 5.78. The molecule has 1 rings (SSSR count). The molecule has 0 aromatic heterocycles. The molecule has 1 atom stereocenters. The Kier molecular flexibility index (Phi) is 5.78. The van der Waals surface area contributed by atoms with Crippen LogP contribution in [0.15, 0.2) is 0 Å². The molecule has 2 N–H and O–H groups in total. The van der Waals surface area contributed by atoms with Crippen molar-refractivity contribution in [3.63, 3.8) is 0 Å². The maximum atomic E-state index is 11.4. The number of carbonyl (C=O) groups is 1. The van der Waals surface area contributed by atoms with Gasteiger partial charge in [0.05, 0.1) is 38.4 Å². The molecule has 1 aliphatic heterocycles. The Morgan fingerprint density at radius 3 is 3.19 bits per heavy atom. The summed E-state index contributed by atoms with van der Waals surface area (Å²) in [5.41, 5.74) is 0. The van der Waals surface area contributed by atoms with Crippen molar-refractivity contribution < 1.29 is 14.6 Å². The lowest BCUT2D eigenvalue weighted by atomic mass is 10.3. The molecule has 0 radical (unpaired) electrons. The van der Waals surface area contributed by atoms with Crippen LogP contribution >= 0.6 is 0 Å². The lowest BCUT2D eigenvalue weighted by Crippen LogP contribution is -2.48. The number of aliphatic hydroxyl groups excluding tert-OH is 1. The number of rotatable bonds is 5. The van der Waals surface area contributed by atoms with Crippen molar-refractivity contribution in [2.75, 3.05) is 39.4 Å². The summed E-state index contributed by atoms with van der Waals surface area (Å²) in [4.78, 5) is 13.4. The van der Waals surface area contributed by atoms with Gasteiger partial charge in [0.1, 0.15) is 0 Å². The second kappa shape index (κ2) is 7.17. The van der Waals surface area contributed by atoms with E-state index in [4.69, 9.17) is 15.1 Å². The molecular weight excluding hydrogens is 210 g/mol. The Balaban J connectivity index is 2.20. The van der Waals surface area contributed by atoms with Crippen molar-refractivity contribution in [1.29, 1.82) is 5.26 Å². The smallest absolute Gasteiger partial charge is 0.234 e. The van der Waals surface area contributed by atoms with E-state index in [0.717, 1.165) is 0 Å². The zero-order valence-corrected chi connectivity index (χ0v) is 9.19.